The molecule has 25 heavy (non-hydrogen) atoms. The molecular formula is C18H15N3O3S. The number of nitrogens with two attached hydrogens (primary N) is 1. The maximum absolute atomic E-state index is 12.5. The van der Waals surface area contributed by atoms with Gasteiger partial charge in [-0.3, -0.25) is 14.9 Å². The van der Waals surface area contributed by atoms with Crippen LogP contribution in [0, 0.1) is 0 Å². The molecule has 0 fully saturated rings. The fourth-order valence-corrected chi connectivity index (χ4v) is 2.88. The highest BCUT2D eigenvalue weighted by molar-refractivity contribution is 7.14. The quantitative estimate of drug-likeness (QED) is 0.712. The number of para-hydroxylation sites is 1. The predicted octanol–water partition coefficient (Wildman–Crippen LogP) is 2.93. The standard InChI is InChI=1S/C18H15N3O3S/c19-16(22)10-24-15-9-5-4-8-13(15)17(23)21-18-20-14(11-25-18)12-6-2-1-3-7-12/h1-9,11H,10H2,(H2,19,22)(H,20,21,23). The molecule has 3 aromatic rings. The summed E-state index contributed by atoms with van der Waals surface area (Å²) in [6.07, 6.45) is 0. The van der Waals surface area contributed by atoms with Crippen LogP contribution >= 0.6 is 11.3 Å². The van der Waals surface area contributed by atoms with Crippen LogP contribution in [-0.2, 0) is 4.79 Å². The number of hydrogen-bond donors (Lipinski definition) is 2. The van der Waals surface area contributed by atoms with Crippen molar-refractivity contribution in [2.24, 2.45) is 5.73 Å². The van der Waals surface area contributed by atoms with Crippen LogP contribution in [0.25, 0.3) is 11.3 Å². The molecule has 1 aromatic heterocycles. The molecule has 0 aliphatic heterocycles. The van der Waals surface area contributed by atoms with Gasteiger partial charge >= 0.3 is 0 Å². The summed E-state index contributed by atoms with van der Waals surface area (Å²) >= 11 is 1.33. The van der Waals surface area contributed by atoms with E-state index in [0.29, 0.717) is 16.4 Å². The van der Waals surface area contributed by atoms with Gasteiger partial charge in [-0.25, -0.2) is 4.98 Å². The van der Waals surface area contributed by atoms with E-state index in [2.05, 4.69) is 10.3 Å². The number of rotatable bonds is 6. The largest absolute Gasteiger partial charge is 0.483 e. The van der Waals surface area contributed by atoms with E-state index in [1.807, 2.05) is 35.7 Å². The molecule has 0 radical (unpaired) electrons. The van der Waals surface area contributed by atoms with Gasteiger partial charge in [0.15, 0.2) is 11.7 Å². The van der Waals surface area contributed by atoms with Crippen LogP contribution in [-0.4, -0.2) is 23.4 Å². The van der Waals surface area contributed by atoms with Gasteiger partial charge in [-0.2, -0.15) is 0 Å². The Bertz CT molecular complexity index is 893. The van der Waals surface area contributed by atoms with Gasteiger partial charge < -0.3 is 10.5 Å². The van der Waals surface area contributed by atoms with Crippen molar-refractivity contribution in [2.75, 3.05) is 11.9 Å². The minimum atomic E-state index is -0.609. The third-order valence-corrected chi connectivity index (χ3v) is 4.05. The monoisotopic (exact) mass is 353 g/mol. The van der Waals surface area contributed by atoms with Crippen LogP contribution in [0.4, 0.5) is 5.13 Å². The Kier molecular flexibility index (Phi) is 5.06. The van der Waals surface area contributed by atoms with Crippen molar-refractivity contribution < 1.29 is 14.3 Å². The molecule has 126 valence electrons. The molecule has 2 amide bonds. The summed E-state index contributed by atoms with van der Waals surface area (Å²) in [5, 5.41) is 5.10. The number of nitrogens with one attached hydrogen (secondary N) is 1. The average Bonchev–Trinajstić information content (AvgIpc) is 3.09. The Morgan fingerprint density at radius 3 is 2.56 bits per heavy atom. The molecular weight excluding hydrogens is 338 g/mol. The molecule has 0 saturated carbocycles. The zero-order valence-electron chi connectivity index (χ0n) is 13.1. The smallest absolute Gasteiger partial charge is 0.261 e. The van der Waals surface area contributed by atoms with Crippen LogP contribution in [0.2, 0.25) is 0 Å². The normalized spacial score (nSPS) is 10.2. The number of aromatic nitrogens is 1. The van der Waals surface area contributed by atoms with Gasteiger partial charge in [0.2, 0.25) is 0 Å². The minimum Gasteiger partial charge on any atom is -0.483 e. The Balaban J connectivity index is 1.75. The molecule has 6 nitrogen and oxygen atoms in total. The summed E-state index contributed by atoms with van der Waals surface area (Å²) in [6.45, 7) is -0.292. The van der Waals surface area contributed by atoms with E-state index in [1.165, 1.54) is 11.3 Å². The molecule has 0 saturated heterocycles. The Morgan fingerprint density at radius 2 is 1.80 bits per heavy atom. The van der Waals surface area contributed by atoms with Gasteiger partial charge in [0.1, 0.15) is 5.75 Å². The van der Waals surface area contributed by atoms with Crippen molar-refractivity contribution >= 4 is 28.3 Å². The number of carbonyl (C=O) groups is 2. The maximum Gasteiger partial charge on any atom is 0.261 e. The van der Waals surface area contributed by atoms with Gasteiger partial charge in [-0.1, -0.05) is 42.5 Å². The lowest BCUT2D eigenvalue weighted by Crippen LogP contribution is -2.21. The Labute approximate surface area is 148 Å². The third-order valence-electron chi connectivity index (χ3n) is 3.30. The number of thiazole rings is 1. The molecule has 0 unspecified atom stereocenters. The number of benzene rings is 2. The van der Waals surface area contributed by atoms with Crippen LogP contribution in [0.5, 0.6) is 5.75 Å². The van der Waals surface area contributed by atoms with Crippen LogP contribution in [0.15, 0.2) is 60.0 Å². The van der Waals surface area contributed by atoms with E-state index < -0.39 is 5.91 Å². The molecule has 0 aliphatic rings. The van der Waals surface area contributed by atoms with E-state index >= 15 is 0 Å². The van der Waals surface area contributed by atoms with Gasteiger partial charge in [0.25, 0.3) is 11.8 Å². The third kappa shape index (κ3) is 4.21. The Hall–Kier alpha value is -3.19. The summed E-state index contributed by atoms with van der Waals surface area (Å²) in [5.74, 6) is -0.685. The first-order valence-corrected chi connectivity index (χ1v) is 8.34. The molecule has 0 aliphatic carbocycles. The molecule has 0 spiro atoms. The topological polar surface area (TPSA) is 94.3 Å². The minimum absolute atomic E-state index is 0.290. The average molecular weight is 353 g/mol. The van der Waals surface area contributed by atoms with Crippen molar-refractivity contribution in [3.05, 3.63) is 65.5 Å². The number of amides is 2. The second-order valence-corrected chi connectivity index (χ2v) is 5.97. The summed E-state index contributed by atoms with van der Waals surface area (Å²) in [5.41, 5.74) is 7.15. The molecule has 1 heterocycles. The van der Waals surface area contributed by atoms with Crippen molar-refractivity contribution in [1.29, 1.82) is 0 Å². The van der Waals surface area contributed by atoms with E-state index in [-0.39, 0.29) is 12.5 Å². The predicted molar refractivity (Wildman–Crippen MR) is 96.6 cm³/mol. The van der Waals surface area contributed by atoms with Crippen molar-refractivity contribution in [2.45, 2.75) is 0 Å². The van der Waals surface area contributed by atoms with Crippen molar-refractivity contribution in [1.82, 2.24) is 4.98 Å². The first-order valence-electron chi connectivity index (χ1n) is 7.46. The number of hydrogen-bond acceptors (Lipinski definition) is 5. The molecule has 0 bridgehead atoms. The second-order valence-electron chi connectivity index (χ2n) is 5.11. The van der Waals surface area contributed by atoms with Gasteiger partial charge in [0.05, 0.1) is 11.3 Å². The number of nitrogens with zero attached hydrogens (tertiary/aromatic N) is 1. The molecule has 7 heteroatoms. The van der Waals surface area contributed by atoms with Crippen molar-refractivity contribution in [3.8, 4) is 17.0 Å². The number of carbonyl (C=O) groups excluding carboxylic acids is 2. The lowest BCUT2D eigenvalue weighted by molar-refractivity contribution is -0.119. The summed E-state index contributed by atoms with van der Waals surface area (Å²) in [7, 11) is 0. The molecule has 0 atom stereocenters. The number of primary amides is 1. The summed E-state index contributed by atoms with van der Waals surface area (Å²) in [6, 6.07) is 16.3. The lowest BCUT2D eigenvalue weighted by Gasteiger charge is -2.09. The first kappa shape index (κ1) is 16.7. The second kappa shape index (κ2) is 7.59. The highest BCUT2D eigenvalue weighted by Crippen LogP contribution is 2.26. The lowest BCUT2D eigenvalue weighted by atomic mass is 10.2. The fourth-order valence-electron chi connectivity index (χ4n) is 2.17. The van der Waals surface area contributed by atoms with Crippen molar-refractivity contribution in [3.63, 3.8) is 0 Å². The van der Waals surface area contributed by atoms with E-state index in [4.69, 9.17) is 10.5 Å². The molecule has 2 aromatic carbocycles. The van der Waals surface area contributed by atoms with E-state index in [0.717, 1.165) is 11.3 Å². The molecule has 3 N–H and O–H groups in total. The van der Waals surface area contributed by atoms with E-state index in [1.54, 1.807) is 24.3 Å². The van der Waals surface area contributed by atoms with Gasteiger partial charge in [-0.05, 0) is 12.1 Å². The van der Waals surface area contributed by atoms with Crippen LogP contribution in [0.3, 0.4) is 0 Å². The summed E-state index contributed by atoms with van der Waals surface area (Å²) in [4.78, 5) is 27.8. The molecule has 3 rings (SSSR count). The maximum atomic E-state index is 12.5. The zero-order chi connectivity index (χ0) is 17.6. The highest BCUT2D eigenvalue weighted by atomic mass is 32.1. The summed E-state index contributed by atoms with van der Waals surface area (Å²) < 4.78 is 5.28. The SMILES string of the molecule is NC(=O)COc1ccccc1C(=O)Nc1nc(-c2ccccc2)cs1. The number of anilines is 1. The Morgan fingerprint density at radius 1 is 1.08 bits per heavy atom. The fraction of sp³-hybridized carbons (Fsp3) is 0.0556. The van der Waals surface area contributed by atoms with Gasteiger partial charge in [0, 0.05) is 10.9 Å². The zero-order valence-corrected chi connectivity index (χ0v) is 14.0. The van der Waals surface area contributed by atoms with Crippen LogP contribution < -0.4 is 15.8 Å². The van der Waals surface area contributed by atoms with E-state index in [9.17, 15) is 9.59 Å². The van der Waals surface area contributed by atoms with Crippen LogP contribution in [0.1, 0.15) is 10.4 Å². The van der Waals surface area contributed by atoms with Gasteiger partial charge in [-0.15, -0.1) is 11.3 Å². The first-order chi connectivity index (χ1) is 12.1. The highest BCUT2D eigenvalue weighted by Gasteiger charge is 2.15. The number of ether oxygens (including phenoxy) is 1.